The zero-order chi connectivity index (χ0) is 16.7. The summed E-state index contributed by atoms with van der Waals surface area (Å²) in [6, 6.07) is 1.20. The number of halogens is 3. The van der Waals surface area contributed by atoms with E-state index in [-0.39, 0.29) is 34.4 Å². The monoisotopic (exact) mass is 328 g/mol. The van der Waals surface area contributed by atoms with Crippen molar-refractivity contribution in [2.75, 3.05) is 18.0 Å². The van der Waals surface area contributed by atoms with E-state index in [2.05, 4.69) is 5.16 Å². The Morgan fingerprint density at radius 1 is 1.35 bits per heavy atom. The van der Waals surface area contributed by atoms with Crippen LogP contribution in [-0.2, 0) is 4.74 Å². The summed E-state index contributed by atoms with van der Waals surface area (Å²) in [5.41, 5.74) is -1.02. The Balaban J connectivity index is 2.16. The molecule has 124 valence electrons. The third-order valence-corrected chi connectivity index (χ3v) is 3.81. The van der Waals surface area contributed by atoms with Crippen molar-refractivity contribution in [3.8, 4) is 0 Å². The number of hydrogen-bond donors (Lipinski definition) is 0. The van der Waals surface area contributed by atoms with Crippen LogP contribution in [0.5, 0.6) is 0 Å². The zero-order valence-electron chi connectivity index (χ0n) is 12.6. The first-order valence-electron chi connectivity index (χ1n) is 7.17. The first-order valence-corrected chi connectivity index (χ1v) is 7.17. The van der Waals surface area contributed by atoms with E-state index in [0.717, 1.165) is 0 Å². The van der Waals surface area contributed by atoms with E-state index >= 15 is 0 Å². The summed E-state index contributed by atoms with van der Waals surface area (Å²) in [6.45, 7) is 4.43. The number of morpholine rings is 1. The molecule has 0 aliphatic carbocycles. The molecule has 0 amide bonds. The van der Waals surface area contributed by atoms with E-state index in [4.69, 9.17) is 9.26 Å². The predicted octanol–water partition coefficient (Wildman–Crippen LogP) is 3.33. The lowest BCUT2D eigenvalue weighted by atomic mass is 10.1. The van der Waals surface area contributed by atoms with Crippen LogP contribution >= 0.6 is 0 Å². The Bertz CT molecular complexity index is 737. The highest BCUT2D eigenvalue weighted by Crippen LogP contribution is 2.36. The van der Waals surface area contributed by atoms with Crippen LogP contribution in [0.1, 0.15) is 36.3 Å². The first-order chi connectivity index (χ1) is 10.9. The number of rotatable bonds is 3. The number of nitrogens with zero attached hydrogens (tertiary/aromatic N) is 2. The molecule has 1 aromatic heterocycles. The molecular formula is C15H15F3N2O3. The van der Waals surface area contributed by atoms with Gasteiger partial charge < -0.3 is 14.2 Å². The van der Waals surface area contributed by atoms with Crippen LogP contribution in [-0.4, -0.2) is 36.7 Å². The lowest BCUT2D eigenvalue weighted by molar-refractivity contribution is -0.00543. The van der Waals surface area contributed by atoms with Crippen molar-refractivity contribution in [1.82, 2.24) is 5.16 Å². The number of carbonyl (C=O) groups excluding carboxylic acids is 1. The molecule has 0 spiro atoms. The second-order valence-electron chi connectivity index (χ2n) is 5.65. The third-order valence-electron chi connectivity index (χ3n) is 3.81. The molecular weight excluding hydrogens is 313 g/mol. The van der Waals surface area contributed by atoms with Gasteiger partial charge in [0.15, 0.2) is 17.8 Å². The van der Waals surface area contributed by atoms with Gasteiger partial charge in [0.25, 0.3) is 6.43 Å². The highest BCUT2D eigenvalue weighted by atomic mass is 19.3. The number of aldehydes is 1. The molecule has 0 N–H and O–H groups in total. The number of fused-ring (bicyclic) bond motifs is 1. The van der Waals surface area contributed by atoms with Gasteiger partial charge in [-0.15, -0.1) is 0 Å². The Morgan fingerprint density at radius 2 is 2.00 bits per heavy atom. The van der Waals surface area contributed by atoms with Crippen LogP contribution in [0.3, 0.4) is 0 Å². The molecule has 23 heavy (non-hydrogen) atoms. The van der Waals surface area contributed by atoms with Gasteiger partial charge in [0.2, 0.25) is 5.58 Å². The molecule has 0 bridgehead atoms. The van der Waals surface area contributed by atoms with Crippen LogP contribution < -0.4 is 4.90 Å². The summed E-state index contributed by atoms with van der Waals surface area (Å²) in [6.07, 6.45) is -2.77. The van der Waals surface area contributed by atoms with Crippen LogP contribution in [0.4, 0.5) is 18.9 Å². The fourth-order valence-corrected chi connectivity index (χ4v) is 2.99. The number of ether oxygens (including phenoxy) is 1. The van der Waals surface area contributed by atoms with E-state index in [9.17, 15) is 18.0 Å². The summed E-state index contributed by atoms with van der Waals surface area (Å²) in [7, 11) is 0. The lowest BCUT2D eigenvalue weighted by Crippen LogP contribution is -2.46. The summed E-state index contributed by atoms with van der Waals surface area (Å²) in [4.78, 5) is 13.0. The maximum atomic E-state index is 14.8. The van der Waals surface area contributed by atoms with Gasteiger partial charge in [-0.2, -0.15) is 0 Å². The maximum absolute atomic E-state index is 14.8. The van der Waals surface area contributed by atoms with Crippen molar-refractivity contribution in [3.63, 3.8) is 0 Å². The summed E-state index contributed by atoms with van der Waals surface area (Å²) in [5, 5.41) is 3.04. The Morgan fingerprint density at radius 3 is 2.57 bits per heavy atom. The van der Waals surface area contributed by atoms with Crippen LogP contribution in [0.2, 0.25) is 0 Å². The van der Waals surface area contributed by atoms with Crippen molar-refractivity contribution in [3.05, 3.63) is 23.1 Å². The fourth-order valence-electron chi connectivity index (χ4n) is 2.99. The van der Waals surface area contributed by atoms with Gasteiger partial charge in [0.05, 0.1) is 23.3 Å². The topological polar surface area (TPSA) is 55.6 Å². The third kappa shape index (κ3) is 2.67. The van der Waals surface area contributed by atoms with Gasteiger partial charge in [-0.05, 0) is 19.9 Å². The highest BCUT2D eigenvalue weighted by Gasteiger charge is 2.30. The molecule has 2 atom stereocenters. The van der Waals surface area contributed by atoms with E-state index in [1.165, 1.54) is 6.07 Å². The van der Waals surface area contributed by atoms with Crippen LogP contribution in [0.25, 0.3) is 11.0 Å². The van der Waals surface area contributed by atoms with Crippen molar-refractivity contribution >= 4 is 22.9 Å². The molecule has 0 saturated carbocycles. The normalized spacial score (nSPS) is 22.1. The Kier molecular flexibility index (Phi) is 4.01. The standard InChI is InChI=1S/C15H15F3N2O3/c1-7-4-20(5-8(2)22-7)13-9(6-21)3-10-12(15(17)18)19-23-14(10)11(13)16/h3,6-8,15H,4-5H2,1-2H3. The van der Waals surface area contributed by atoms with Crippen molar-refractivity contribution in [2.45, 2.75) is 32.5 Å². The SMILES string of the molecule is CC1CN(c2c(C=O)cc3c(C(F)F)noc3c2F)CC(C)O1. The average Bonchev–Trinajstić information content (AvgIpc) is 2.90. The molecule has 2 aromatic rings. The minimum Gasteiger partial charge on any atom is -0.372 e. The second-order valence-corrected chi connectivity index (χ2v) is 5.65. The largest absolute Gasteiger partial charge is 0.372 e. The van der Waals surface area contributed by atoms with Gasteiger partial charge in [-0.25, -0.2) is 13.2 Å². The molecule has 2 unspecified atom stereocenters. The number of hydrogen-bond acceptors (Lipinski definition) is 5. The average molecular weight is 328 g/mol. The van der Waals surface area contributed by atoms with Crippen molar-refractivity contribution < 1.29 is 27.2 Å². The molecule has 1 aromatic carbocycles. The van der Waals surface area contributed by atoms with Crippen molar-refractivity contribution in [2.24, 2.45) is 0 Å². The molecule has 1 aliphatic rings. The van der Waals surface area contributed by atoms with Crippen LogP contribution in [0.15, 0.2) is 10.6 Å². The number of benzene rings is 1. The molecule has 0 radical (unpaired) electrons. The maximum Gasteiger partial charge on any atom is 0.284 e. The Labute approximate surface area is 130 Å². The van der Waals surface area contributed by atoms with Gasteiger partial charge in [0, 0.05) is 18.7 Å². The molecule has 1 aliphatic heterocycles. The highest BCUT2D eigenvalue weighted by molar-refractivity contribution is 5.95. The fraction of sp³-hybridized carbons (Fsp3) is 0.467. The van der Waals surface area contributed by atoms with E-state index in [1.54, 1.807) is 4.90 Å². The minimum atomic E-state index is -2.91. The number of carbonyl (C=O) groups is 1. The lowest BCUT2D eigenvalue weighted by Gasteiger charge is -2.37. The molecule has 1 fully saturated rings. The molecule has 3 rings (SSSR count). The van der Waals surface area contributed by atoms with Crippen LogP contribution in [0, 0.1) is 5.82 Å². The number of aromatic nitrogens is 1. The molecule has 8 heteroatoms. The number of anilines is 1. The van der Waals surface area contributed by atoms with E-state index in [1.807, 2.05) is 13.8 Å². The minimum absolute atomic E-state index is 0.0126. The number of alkyl halides is 2. The van der Waals surface area contributed by atoms with Gasteiger partial charge in [-0.1, -0.05) is 5.16 Å². The predicted molar refractivity (Wildman–Crippen MR) is 76.5 cm³/mol. The van der Waals surface area contributed by atoms with Gasteiger partial charge in [-0.3, -0.25) is 4.79 Å². The summed E-state index contributed by atoms with van der Waals surface area (Å²) < 4.78 is 50.9. The van der Waals surface area contributed by atoms with Crippen molar-refractivity contribution in [1.29, 1.82) is 0 Å². The van der Waals surface area contributed by atoms with Gasteiger partial charge in [0.1, 0.15) is 0 Å². The van der Waals surface area contributed by atoms with E-state index < -0.39 is 17.9 Å². The Hall–Kier alpha value is -2.09. The molecule has 1 saturated heterocycles. The molecule has 5 nitrogen and oxygen atoms in total. The summed E-state index contributed by atoms with van der Waals surface area (Å²) in [5.74, 6) is -0.856. The summed E-state index contributed by atoms with van der Waals surface area (Å²) >= 11 is 0. The zero-order valence-corrected chi connectivity index (χ0v) is 12.6. The second kappa shape index (κ2) is 5.84. The molecule has 2 heterocycles. The quantitative estimate of drug-likeness (QED) is 0.809. The first kappa shape index (κ1) is 15.8. The smallest absolute Gasteiger partial charge is 0.284 e. The van der Waals surface area contributed by atoms with Gasteiger partial charge >= 0.3 is 0 Å². The van der Waals surface area contributed by atoms with E-state index in [0.29, 0.717) is 19.4 Å².